The lowest BCUT2D eigenvalue weighted by Gasteiger charge is -2.21. The monoisotopic (exact) mass is 390 g/mol. The standard InChI is InChI=1S/C21H27ClN2O3/c22-18-10-5-4-9-17(18)19-15-24-21(27-19)12-11-20(25)23-13-6-14-26-16-7-2-1-3-8-16/h4-5,9-10,15-16H,1-3,6-8,11-14H2,(H,23,25). The van der Waals surface area contributed by atoms with Gasteiger partial charge in [-0.2, -0.15) is 0 Å². The third-order valence-corrected chi connectivity index (χ3v) is 5.14. The molecule has 1 heterocycles. The number of aryl methyl sites for hydroxylation is 1. The molecule has 2 aromatic rings. The van der Waals surface area contributed by atoms with E-state index in [0.29, 0.717) is 48.8 Å². The fourth-order valence-electron chi connectivity index (χ4n) is 3.30. The van der Waals surface area contributed by atoms with Crippen molar-refractivity contribution in [2.75, 3.05) is 13.2 Å². The second-order valence-electron chi connectivity index (χ2n) is 6.93. The number of rotatable bonds is 9. The molecule has 1 N–H and O–H groups in total. The molecule has 1 aliphatic carbocycles. The van der Waals surface area contributed by atoms with Crippen molar-refractivity contribution in [1.29, 1.82) is 0 Å². The zero-order valence-corrected chi connectivity index (χ0v) is 16.3. The highest BCUT2D eigenvalue weighted by Crippen LogP contribution is 2.28. The lowest BCUT2D eigenvalue weighted by atomic mass is 9.98. The van der Waals surface area contributed by atoms with Crippen LogP contribution in [0.25, 0.3) is 11.3 Å². The van der Waals surface area contributed by atoms with Crippen LogP contribution in [0.3, 0.4) is 0 Å². The molecule has 1 saturated carbocycles. The minimum atomic E-state index is 0.00478. The zero-order valence-electron chi connectivity index (χ0n) is 15.6. The number of hydrogen-bond acceptors (Lipinski definition) is 4. The van der Waals surface area contributed by atoms with E-state index in [9.17, 15) is 4.79 Å². The summed E-state index contributed by atoms with van der Waals surface area (Å²) in [7, 11) is 0. The molecule has 0 atom stereocenters. The summed E-state index contributed by atoms with van der Waals surface area (Å²) in [6, 6.07) is 7.46. The SMILES string of the molecule is O=C(CCc1ncc(-c2ccccc2Cl)o1)NCCCOC1CCCCC1. The number of benzene rings is 1. The summed E-state index contributed by atoms with van der Waals surface area (Å²) in [6.45, 7) is 1.36. The summed E-state index contributed by atoms with van der Waals surface area (Å²) in [5, 5.41) is 3.55. The predicted octanol–water partition coefficient (Wildman–Crippen LogP) is 4.78. The van der Waals surface area contributed by atoms with Gasteiger partial charge in [-0.25, -0.2) is 4.98 Å². The van der Waals surface area contributed by atoms with Crippen molar-refractivity contribution < 1.29 is 13.9 Å². The van der Waals surface area contributed by atoms with Gasteiger partial charge in [0.15, 0.2) is 11.7 Å². The van der Waals surface area contributed by atoms with E-state index in [1.54, 1.807) is 6.20 Å². The minimum absolute atomic E-state index is 0.00478. The van der Waals surface area contributed by atoms with Crippen LogP contribution in [-0.2, 0) is 16.0 Å². The molecule has 5 nitrogen and oxygen atoms in total. The number of carbonyl (C=O) groups is 1. The number of halogens is 1. The van der Waals surface area contributed by atoms with Crippen molar-refractivity contribution in [3.05, 3.63) is 41.4 Å². The van der Waals surface area contributed by atoms with Gasteiger partial charge in [0, 0.05) is 31.6 Å². The van der Waals surface area contributed by atoms with Gasteiger partial charge in [0.05, 0.1) is 17.3 Å². The molecule has 0 aliphatic heterocycles. The third kappa shape index (κ3) is 6.36. The van der Waals surface area contributed by atoms with Crippen molar-refractivity contribution in [1.82, 2.24) is 10.3 Å². The molecule has 3 rings (SSSR count). The Morgan fingerprint density at radius 2 is 2.07 bits per heavy atom. The fraction of sp³-hybridized carbons (Fsp3) is 0.524. The number of oxazole rings is 1. The number of nitrogens with one attached hydrogen (secondary N) is 1. The van der Waals surface area contributed by atoms with Crippen molar-refractivity contribution in [2.45, 2.75) is 57.5 Å². The van der Waals surface area contributed by atoms with Crippen LogP contribution in [0.4, 0.5) is 0 Å². The molecule has 0 spiro atoms. The van der Waals surface area contributed by atoms with Crippen LogP contribution in [0.2, 0.25) is 5.02 Å². The Morgan fingerprint density at radius 3 is 2.89 bits per heavy atom. The van der Waals surface area contributed by atoms with Crippen molar-refractivity contribution in [2.24, 2.45) is 0 Å². The lowest BCUT2D eigenvalue weighted by molar-refractivity contribution is -0.121. The summed E-state index contributed by atoms with van der Waals surface area (Å²) >= 11 is 6.17. The van der Waals surface area contributed by atoms with E-state index in [4.69, 9.17) is 20.8 Å². The second kappa shape index (κ2) is 10.5. The van der Waals surface area contributed by atoms with Crippen LogP contribution in [0.1, 0.15) is 50.8 Å². The van der Waals surface area contributed by atoms with Crippen molar-refractivity contribution in [3.63, 3.8) is 0 Å². The number of nitrogens with zero attached hydrogens (tertiary/aromatic N) is 1. The number of hydrogen-bond donors (Lipinski definition) is 1. The molecule has 0 saturated heterocycles. The van der Waals surface area contributed by atoms with Crippen LogP contribution < -0.4 is 5.32 Å². The smallest absolute Gasteiger partial charge is 0.220 e. The van der Waals surface area contributed by atoms with E-state index in [-0.39, 0.29) is 5.91 Å². The molecular formula is C21H27ClN2O3. The highest BCUT2D eigenvalue weighted by atomic mass is 35.5. The van der Waals surface area contributed by atoms with Crippen LogP contribution in [-0.4, -0.2) is 30.1 Å². The molecule has 27 heavy (non-hydrogen) atoms. The average molecular weight is 391 g/mol. The van der Waals surface area contributed by atoms with Gasteiger partial charge in [-0.3, -0.25) is 4.79 Å². The molecule has 146 valence electrons. The summed E-state index contributed by atoms with van der Waals surface area (Å²) in [6.07, 6.45) is 9.99. The first-order valence-corrected chi connectivity index (χ1v) is 10.2. The summed E-state index contributed by atoms with van der Waals surface area (Å²) in [5.74, 6) is 1.17. The topological polar surface area (TPSA) is 64.4 Å². The summed E-state index contributed by atoms with van der Waals surface area (Å²) in [4.78, 5) is 16.2. The Morgan fingerprint density at radius 1 is 1.26 bits per heavy atom. The summed E-state index contributed by atoms with van der Waals surface area (Å²) < 4.78 is 11.6. The molecule has 1 aliphatic rings. The van der Waals surface area contributed by atoms with E-state index in [1.807, 2.05) is 24.3 Å². The van der Waals surface area contributed by atoms with Gasteiger partial charge in [0.25, 0.3) is 0 Å². The molecule has 1 fully saturated rings. The van der Waals surface area contributed by atoms with E-state index in [2.05, 4.69) is 10.3 Å². The number of amides is 1. The maximum absolute atomic E-state index is 12.0. The number of aromatic nitrogens is 1. The normalized spacial score (nSPS) is 15.0. The maximum atomic E-state index is 12.0. The van der Waals surface area contributed by atoms with Crippen LogP contribution in [0, 0.1) is 0 Å². The Balaban J connectivity index is 1.32. The van der Waals surface area contributed by atoms with Gasteiger partial charge >= 0.3 is 0 Å². The molecule has 0 bridgehead atoms. The minimum Gasteiger partial charge on any atom is -0.441 e. The van der Waals surface area contributed by atoms with Crippen LogP contribution >= 0.6 is 11.6 Å². The highest BCUT2D eigenvalue weighted by molar-refractivity contribution is 6.33. The Kier molecular flexibility index (Phi) is 7.72. The van der Waals surface area contributed by atoms with Crippen LogP contribution in [0.5, 0.6) is 0 Å². The molecule has 6 heteroatoms. The molecular weight excluding hydrogens is 364 g/mol. The number of ether oxygens (including phenoxy) is 1. The first-order valence-electron chi connectivity index (χ1n) is 9.80. The van der Waals surface area contributed by atoms with E-state index >= 15 is 0 Å². The van der Waals surface area contributed by atoms with Crippen molar-refractivity contribution in [3.8, 4) is 11.3 Å². The molecule has 1 amide bonds. The second-order valence-corrected chi connectivity index (χ2v) is 7.34. The molecule has 0 radical (unpaired) electrons. The lowest BCUT2D eigenvalue weighted by Crippen LogP contribution is -2.26. The molecule has 1 aromatic carbocycles. The Hall–Kier alpha value is -1.85. The van der Waals surface area contributed by atoms with E-state index in [0.717, 1.165) is 12.0 Å². The first-order chi connectivity index (χ1) is 13.2. The third-order valence-electron chi connectivity index (χ3n) is 4.81. The predicted molar refractivity (Wildman–Crippen MR) is 106 cm³/mol. The van der Waals surface area contributed by atoms with Gasteiger partial charge in [-0.1, -0.05) is 43.0 Å². The Bertz CT molecular complexity index is 726. The van der Waals surface area contributed by atoms with Crippen LogP contribution in [0.15, 0.2) is 34.9 Å². The van der Waals surface area contributed by atoms with Gasteiger partial charge in [0.2, 0.25) is 5.91 Å². The van der Waals surface area contributed by atoms with E-state index in [1.165, 1.54) is 32.1 Å². The van der Waals surface area contributed by atoms with Gasteiger partial charge in [-0.05, 0) is 31.4 Å². The molecule has 1 aromatic heterocycles. The first kappa shape index (κ1) is 19.9. The summed E-state index contributed by atoms with van der Waals surface area (Å²) in [5.41, 5.74) is 0.806. The Labute approximate surface area is 165 Å². The average Bonchev–Trinajstić information content (AvgIpc) is 3.16. The largest absolute Gasteiger partial charge is 0.441 e. The quantitative estimate of drug-likeness (QED) is 0.625. The maximum Gasteiger partial charge on any atom is 0.220 e. The van der Waals surface area contributed by atoms with Gasteiger partial charge < -0.3 is 14.5 Å². The van der Waals surface area contributed by atoms with Crippen molar-refractivity contribution >= 4 is 17.5 Å². The molecule has 0 unspecified atom stereocenters. The zero-order chi connectivity index (χ0) is 18.9. The fourth-order valence-corrected chi connectivity index (χ4v) is 3.53. The highest BCUT2D eigenvalue weighted by Gasteiger charge is 2.13. The van der Waals surface area contributed by atoms with Gasteiger partial charge in [0.1, 0.15) is 0 Å². The number of carbonyl (C=O) groups excluding carboxylic acids is 1. The van der Waals surface area contributed by atoms with E-state index < -0.39 is 0 Å². The van der Waals surface area contributed by atoms with Gasteiger partial charge in [-0.15, -0.1) is 0 Å².